The zero-order valence-corrected chi connectivity index (χ0v) is 54.7. The maximum atomic E-state index is 13.4. The van der Waals surface area contributed by atoms with Gasteiger partial charge < -0.3 is 48.5 Å². The summed E-state index contributed by atoms with van der Waals surface area (Å²) in [5.74, 6) is -5.24. The average Bonchev–Trinajstić information content (AvgIpc) is 3.29. The van der Waals surface area contributed by atoms with Crippen molar-refractivity contribution in [1.82, 2.24) is 0 Å². The largest absolute Gasteiger partial charge is 1.00 e. The van der Waals surface area contributed by atoms with E-state index in [0.717, 1.165) is 26.4 Å². The molecule has 386 valence electrons. The minimum atomic E-state index is -5.67. The van der Waals surface area contributed by atoms with Crippen LogP contribution in [0.2, 0.25) is 20.1 Å². The van der Waals surface area contributed by atoms with Gasteiger partial charge in [-0.25, -0.2) is 33.7 Å². The van der Waals surface area contributed by atoms with E-state index >= 15 is 0 Å². The first-order valence-electron chi connectivity index (χ1n) is 19.5. The summed E-state index contributed by atoms with van der Waals surface area (Å²) in [6.45, 7) is 0. The topological polar surface area (TPSA) is 395 Å². The molecule has 2 amide bonds. The van der Waals surface area contributed by atoms with Crippen LogP contribution < -0.4 is 138 Å². The van der Waals surface area contributed by atoms with E-state index in [2.05, 4.69) is 31.1 Å². The Balaban J connectivity index is 0.00000400. The predicted octanol–water partition coefficient (Wildman–Crippen LogP) is -3.00. The standard InChI is InChI=1S/C42H28Cl4N6O18S4.4Na/c1-69-30-16-27(50-52-38-33(74(66,67)68)11-18-9-21(72(60,61)62)14-29(35(18)40(38)54)48-42(56)23-4-3-5-24(44)36(23)46)31(70-2)15-26(30)49-51-37-32(73(63,64)65)10-17-8-20(71(57,58)59)13-28(34(17)39(37)53)47-41(55)22-7-6-19(43)12-25(22)45;;;;/h3-16,53-54H,1-2H3,(H,47,55)(H,48,56)(H,57,58,59)(H,60,61,62)(H,63,64,65)(H,66,67,68);;;;/q;4*+1/p-4. The van der Waals surface area contributed by atoms with Gasteiger partial charge in [0, 0.05) is 27.9 Å². The number of fused-ring (bicyclic) bond motifs is 2. The molecule has 7 aromatic carbocycles. The van der Waals surface area contributed by atoms with E-state index in [9.17, 15) is 71.7 Å². The molecule has 0 heterocycles. The Kier molecular flexibility index (Phi) is 24.1. The molecule has 0 spiro atoms. The number of hydrogen-bond donors (Lipinski definition) is 4. The molecular weight excluding hydrogens is 1240 g/mol. The molecule has 0 aromatic heterocycles. The summed E-state index contributed by atoms with van der Waals surface area (Å²) in [7, 11) is -20.0. The number of carbonyl (C=O) groups is 2. The van der Waals surface area contributed by atoms with E-state index in [1.807, 2.05) is 0 Å². The molecule has 0 atom stereocenters. The summed E-state index contributed by atoms with van der Waals surface area (Å²) in [6, 6.07) is 13.0. The van der Waals surface area contributed by atoms with E-state index in [-0.39, 0.29) is 161 Å². The molecule has 0 bridgehead atoms. The maximum Gasteiger partial charge on any atom is 1.00 e. The Morgan fingerprint density at radius 2 is 0.923 bits per heavy atom. The second-order valence-electron chi connectivity index (χ2n) is 14.8. The molecule has 7 rings (SSSR count). The second kappa shape index (κ2) is 27.1. The van der Waals surface area contributed by atoms with Gasteiger partial charge in [-0.15, -0.1) is 20.5 Å². The van der Waals surface area contributed by atoms with Crippen LogP contribution in [0, 0.1) is 0 Å². The molecule has 7 aromatic rings. The van der Waals surface area contributed by atoms with Gasteiger partial charge in [-0.05, 0) is 77.5 Å². The minimum Gasteiger partial charge on any atom is -0.744 e. The number of ether oxygens (including phenoxy) is 2. The molecule has 0 unspecified atom stereocenters. The summed E-state index contributed by atoms with van der Waals surface area (Å²) >= 11 is 24.3. The van der Waals surface area contributed by atoms with Crippen LogP contribution in [0.15, 0.2) is 125 Å². The monoisotopic (exact) mass is 1260 g/mol. The van der Waals surface area contributed by atoms with Gasteiger partial charge in [0.05, 0.1) is 71.4 Å². The Labute approximate surface area is 550 Å². The van der Waals surface area contributed by atoms with E-state index in [1.165, 1.54) is 36.4 Å². The SMILES string of the molecule is COc1cc(N=Nc2c(S(=O)(=O)[O-])cc3cc(S(=O)(=O)[O-])cc(NC(=O)c4cccc(Cl)c4Cl)c3c2O)c(OC)cc1N=Nc1c(S(=O)(=O)[O-])cc2cc(S(=O)(=O)[O-])cc(NC(=O)c3ccc(Cl)cc3Cl)c2c1O.[Na+].[Na+].[Na+].[Na+]. The zero-order chi connectivity index (χ0) is 54.6. The van der Waals surface area contributed by atoms with Crippen LogP contribution in [0.25, 0.3) is 21.5 Å². The Morgan fingerprint density at radius 3 is 1.29 bits per heavy atom. The van der Waals surface area contributed by atoms with Gasteiger partial charge in [0.2, 0.25) is 0 Å². The number of nitrogens with one attached hydrogen (secondary N) is 2. The number of amides is 2. The van der Waals surface area contributed by atoms with E-state index in [0.29, 0.717) is 36.4 Å². The molecule has 24 nitrogen and oxygen atoms in total. The van der Waals surface area contributed by atoms with Crippen molar-refractivity contribution in [3.8, 4) is 23.0 Å². The zero-order valence-electron chi connectivity index (χ0n) is 40.4. The Morgan fingerprint density at radius 1 is 0.513 bits per heavy atom. The van der Waals surface area contributed by atoms with E-state index in [1.54, 1.807) is 0 Å². The average molecular weight is 1260 g/mol. The quantitative estimate of drug-likeness (QED) is 0.0479. The molecule has 78 heavy (non-hydrogen) atoms. The number of phenols is 2. The van der Waals surface area contributed by atoms with Gasteiger partial charge in [-0.1, -0.05) is 52.5 Å². The number of rotatable bonds is 14. The molecule has 0 fully saturated rings. The van der Waals surface area contributed by atoms with Gasteiger partial charge in [0.1, 0.15) is 74.7 Å². The third-order valence-electron chi connectivity index (χ3n) is 10.2. The number of benzene rings is 7. The van der Waals surface area contributed by atoms with E-state index < -0.39 is 139 Å². The Hall–Kier alpha value is -2.80. The molecule has 0 aliphatic rings. The first kappa shape index (κ1) is 69.5. The number of anilines is 2. The molecular formula is C42H24Cl4N6Na4O18S4. The number of azo groups is 2. The van der Waals surface area contributed by atoms with Gasteiger partial charge in [-0.3, -0.25) is 9.59 Å². The van der Waals surface area contributed by atoms with Crippen LogP contribution in [0.5, 0.6) is 23.0 Å². The summed E-state index contributed by atoms with van der Waals surface area (Å²) < 4.78 is 160. The van der Waals surface area contributed by atoms with Crippen LogP contribution >= 0.6 is 46.4 Å². The Bertz CT molecular complexity index is 4150. The number of phenolic OH excluding ortho intramolecular Hbond substituents is 2. The first-order valence-corrected chi connectivity index (χ1v) is 26.7. The van der Waals surface area contributed by atoms with E-state index in [4.69, 9.17) is 55.9 Å². The molecule has 0 aliphatic heterocycles. The summed E-state index contributed by atoms with van der Waals surface area (Å²) in [5, 5.41) is 40.4. The molecule has 4 N–H and O–H groups in total. The fourth-order valence-electron chi connectivity index (χ4n) is 6.94. The smallest absolute Gasteiger partial charge is 0.744 e. The molecule has 0 aliphatic carbocycles. The minimum absolute atomic E-state index is 0. The number of nitrogens with zero attached hydrogens (tertiary/aromatic N) is 4. The number of methoxy groups -OCH3 is 2. The first-order chi connectivity index (χ1) is 34.4. The third-order valence-corrected chi connectivity index (χ3v) is 14.9. The molecule has 36 heteroatoms. The number of aromatic hydroxyl groups is 2. The normalized spacial score (nSPS) is 11.8. The fourth-order valence-corrected chi connectivity index (χ4v) is 10.2. The van der Waals surface area contributed by atoms with Crippen molar-refractivity contribution < 1.29 is 199 Å². The summed E-state index contributed by atoms with van der Waals surface area (Å²) in [6.07, 6.45) is 0. The van der Waals surface area contributed by atoms with Crippen molar-refractivity contribution in [2.24, 2.45) is 20.5 Å². The summed E-state index contributed by atoms with van der Waals surface area (Å²) in [5.41, 5.74) is -4.79. The van der Waals surface area contributed by atoms with Crippen LogP contribution in [0.4, 0.5) is 34.1 Å². The van der Waals surface area contributed by atoms with Crippen molar-refractivity contribution in [2.75, 3.05) is 24.9 Å². The van der Waals surface area contributed by atoms with Crippen LogP contribution in [-0.4, -0.2) is 88.1 Å². The molecule has 0 saturated carbocycles. The predicted molar refractivity (Wildman–Crippen MR) is 260 cm³/mol. The van der Waals surface area contributed by atoms with Crippen molar-refractivity contribution in [1.29, 1.82) is 0 Å². The van der Waals surface area contributed by atoms with Gasteiger partial charge in [0.25, 0.3) is 11.8 Å². The van der Waals surface area contributed by atoms with Gasteiger partial charge in [-0.2, -0.15) is 0 Å². The molecule has 0 saturated heterocycles. The number of hydrogen-bond acceptors (Lipinski definition) is 22. The van der Waals surface area contributed by atoms with Gasteiger partial charge in [0.15, 0.2) is 11.5 Å². The van der Waals surface area contributed by atoms with Crippen LogP contribution in [-0.2, 0) is 40.5 Å². The second-order valence-corrected chi connectivity index (χ2v) is 21.9. The molecule has 0 radical (unpaired) electrons. The van der Waals surface area contributed by atoms with Crippen molar-refractivity contribution in [3.63, 3.8) is 0 Å². The fraction of sp³-hybridized carbons (Fsp3) is 0.0476. The maximum absolute atomic E-state index is 13.4. The number of carbonyl (C=O) groups excluding carboxylic acids is 2. The number of halogens is 4. The van der Waals surface area contributed by atoms with Gasteiger partial charge >= 0.3 is 118 Å². The summed E-state index contributed by atoms with van der Waals surface area (Å²) in [4.78, 5) is 22.1. The van der Waals surface area contributed by atoms with Crippen LogP contribution in [0.1, 0.15) is 20.7 Å². The van der Waals surface area contributed by atoms with Crippen molar-refractivity contribution in [2.45, 2.75) is 19.6 Å². The van der Waals surface area contributed by atoms with Crippen molar-refractivity contribution >= 4 is 154 Å². The van der Waals surface area contributed by atoms with Crippen molar-refractivity contribution in [3.05, 3.63) is 116 Å². The third kappa shape index (κ3) is 15.2. The van der Waals surface area contributed by atoms with Crippen LogP contribution in [0.3, 0.4) is 0 Å².